The number of halogens is 4. The monoisotopic (exact) mass is 615 g/mol. The number of alkyl halides is 3. The minimum atomic E-state index is -6.39. The molecule has 1 heterocycles. The first-order chi connectivity index (χ1) is 17.5. The predicted molar refractivity (Wildman–Crippen MR) is 126 cm³/mol. The molecule has 1 N–H and O–H groups in total. The number of hydroxylamine groups is 2. The highest BCUT2D eigenvalue weighted by Gasteiger charge is 2.52. The molecule has 0 aromatic heterocycles. The van der Waals surface area contributed by atoms with E-state index in [1.807, 2.05) is 0 Å². The van der Waals surface area contributed by atoms with Crippen LogP contribution in [0.2, 0.25) is 0 Å². The number of hydrogen-bond donors (Lipinski definition) is 1. The molecule has 0 saturated carbocycles. The molecule has 0 saturated heterocycles. The number of ether oxygens (including phenoxy) is 1. The van der Waals surface area contributed by atoms with E-state index in [4.69, 9.17) is 9.84 Å². The zero-order valence-corrected chi connectivity index (χ0v) is 21.2. The van der Waals surface area contributed by atoms with Gasteiger partial charge < -0.3 is 9.84 Å². The van der Waals surface area contributed by atoms with E-state index in [0.29, 0.717) is 0 Å². The van der Waals surface area contributed by atoms with Crippen LogP contribution in [0, 0.1) is 0 Å². The molecule has 0 bridgehead atoms. The number of aromatic carboxylic acids is 1. The van der Waals surface area contributed by atoms with Crippen LogP contribution in [0.1, 0.15) is 49.1 Å². The Bertz CT molecular complexity index is 1600. The van der Waals surface area contributed by atoms with E-state index in [2.05, 4.69) is 20.2 Å². The number of carboxylic acid groups (broad SMARTS) is 1. The van der Waals surface area contributed by atoms with Gasteiger partial charge in [-0.3, -0.25) is 9.59 Å². The molecule has 0 spiro atoms. The summed E-state index contributed by atoms with van der Waals surface area (Å²) >= 11 is 3.04. The lowest BCUT2D eigenvalue weighted by Gasteiger charge is -2.29. The molecular formula is C23H13BrF3NO9S. The van der Waals surface area contributed by atoms with E-state index < -0.39 is 55.6 Å². The summed E-state index contributed by atoms with van der Waals surface area (Å²) in [6, 6.07) is 7.50. The van der Waals surface area contributed by atoms with Crippen molar-refractivity contribution < 1.29 is 54.9 Å². The van der Waals surface area contributed by atoms with Gasteiger partial charge in [0.2, 0.25) is 0 Å². The SMILES string of the molecule is CC1(OC(=O)c2ccc(C(=O)O)c(Br)c2)C=Cc2cccc3c2C(=C1)C(=O)N(OS(=O)(=O)C(F)(F)F)C3=O. The second-order valence-electron chi connectivity index (χ2n) is 8.11. The molecule has 2 aromatic rings. The largest absolute Gasteiger partial charge is 0.525 e. The van der Waals surface area contributed by atoms with Gasteiger partial charge in [-0.1, -0.05) is 18.2 Å². The summed E-state index contributed by atoms with van der Waals surface area (Å²) in [6.45, 7) is 1.32. The quantitative estimate of drug-likeness (QED) is 0.300. The Labute approximate surface area is 220 Å². The molecule has 1 unspecified atom stereocenters. The van der Waals surface area contributed by atoms with Crippen molar-refractivity contribution in [3.63, 3.8) is 0 Å². The molecule has 0 fully saturated rings. The Morgan fingerprint density at radius 1 is 1.11 bits per heavy atom. The number of imide groups is 1. The Kier molecular flexibility index (Phi) is 6.58. The third-order valence-corrected chi connectivity index (χ3v) is 6.99. The van der Waals surface area contributed by atoms with Crippen LogP contribution in [0.4, 0.5) is 13.2 Å². The lowest BCUT2D eigenvalue weighted by atomic mass is 9.90. The second kappa shape index (κ2) is 9.18. The highest BCUT2D eigenvalue weighted by molar-refractivity contribution is 9.10. The molecule has 4 rings (SSSR count). The van der Waals surface area contributed by atoms with Crippen LogP contribution in [-0.4, -0.2) is 53.4 Å². The van der Waals surface area contributed by atoms with Gasteiger partial charge in [0, 0.05) is 10.0 Å². The molecule has 2 amide bonds. The molecule has 1 aliphatic heterocycles. The molecule has 2 aromatic carbocycles. The predicted octanol–water partition coefficient (Wildman–Crippen LogP) is 3.94. The van der Waals surface area contributed by atoms with E-state index in [-0.39, 0.29) is 32.3 Å². The van der Waals surface area contributed by atoms with Crippen molar-refractivity contribution in [1.29, 1.82) is 0 Å². The average molecular weight is 616 g/mol. The van der Waals surface area contributed by atoms with Crippen molar-refractivity contribution in [2.45, 2.75) is 18.0 Å². The standard InChI is InChI=1S/C23H13BrF3NO9S/c1-22(36-21(33)12-5-6-13(20(31)32)16(24)9-12)8-7-11-3-2-4-14-17(11)15(10-22)19(30)28(18(14)29)37-38(34,35)23(25,26)27/h2-10H,1H3,(H,31,32). The second-order valence-corrected chi connectivity index (χ2v) is 10.5. The highest BCUT2D eigenvalue weighted by atomic mass is 79.9. The number of carbonyl (C=O) groups is 4. The molecule has 15 heteroatoms. The summed E-state index contributed by atoms with van der Waals surface area (Å²) in [5, 5.41) is 8.63. The summed E-state index contributed by atoms with van der Waals surface area (Å²) in [7, 11) is -6.39. The summed E-state index contributed by atoms with van der Waals surface area (Å²) in [5.41, 5.74) is -8.45. The van der Waals surface area contributed by atoms with Crippen LogP contribution >= 0.6 is 15.9 Å². The first kappa shape index (κ1) is 27.2. The van der Waals surface area contributed by atoms with Crippen LogP contribution in [0.3, 0.4) is 0 Å². The Morgan fingerprint density at radius 2 is 1.79 bits per heavy atom. The van der Waals surface area contributed by atoms with Gasteiger partial charge in [-0.05, 0) is 64.8 Å². The first-order valence-corrected chi connectivity index (χ1v) is 12.5. The number of hydrogen-bond acceptors (Lipinski definition) is 8. The van der Waals surface area contributed by atoms with Gasteiger partial charge in [-0.15, -0.1) is 9.35 Å². The summed E-state index contributed by atoms with van der Waals surface area (Å²) < 4.78 is 71.3. The van der Waals surface area contributed by atoms with E-state index >= 15 is 0 Å². The van der Waals surface area contributed by atoms with Crippen molar-refractivity contribution in [2.75, 3.05) is 0 Å². The van der Waals surface area contributed by atoms with Crippen LogP contribution in [0.25, 0.3) is 11.6 Å². The van der Waals surface area contributed by atoms with E-state index in [0.717, 1.165) is 18.2 Å². The van der Waals surface area contributed by atoms with Crippen LogP contribution < -0.4 is 0 Å². The van der Waals surface area contributed by atoms with Crippen molar-refractivity contribution in [3.05, 3.63) is 80.8 Å². The molecule has 1 aliphatic carbocycles. The fourth-order valence-corrected chi connectivity index (χ4v) is 4.64. The first-order valence-electron chi connectivity index (χ1n) is 10.3. The minimum absolute atomic E-state index is 0.0312. The zero-order chi connectivity index (χ0) is 28.2. The van der Waals surface area contributed by atoms with Gasteiger partial charge in [-0.2, -0.15) is 21.6 Å². The molecule has 38 heavy (non-hydrogen) atoms. The molecule has 0 radical (unpaired) electrons. The smallest absolute Gasteiger partial charge is 0.478 e. The highest BCUT2D eigenvalue weighted by Crippen LogP contribution is 2.39. The van der Waals surface area contributed by atoms with Crippen molar-refractivity contribution >= 4 is 61.5 Å². The summed E-state index contributed by atoms with van der Waals surface area (Å²) in [6.07, 6.45) is 3.77. The number of benzene rings is 2. The zero-order valence-electron chi connectivity index (χ0n) is 18.8. The van der Waals surface area contributed by atoms with Gasteiger partial charge in [0.1, 0.15) is 5.60 Å². The number of rotatable bonds is 5. The number of nitrogens with zero attached hydrogens (tertiary/aromatic N) is 1. The lowest BCUT2D eigenvalue weighted by molar-refractivity contribution is -0.144. The van der Waals surface area contributed by atoms with Crippen molar-refractivity contribution in [2.24, 2.45) is 0 Å². The molecule has 198 valence electrons. The minimum Gasteiger partial charge on any atom is -0.478 e. The molecule has 1 atom stereocenters. The number of carboxylic acids is 1. The normalized spacial score (nSPS) is 19.0. The van der Waals surface area contributed by atoms with Gasteiger partial charge in [0.15, 0.2) is 0 Å². The van der Waals surface area contributed by atoms with E-state index in [9.17, 15) is 40.8 Å². The van der Waals surface area contributed by atoms with E-state index in [1.54, 1.807) is 0 Å². The summed E-state index contributed by atoms with van der Waals surface area (Å²) in [5.74, 6) is -5.21. The summed E-state index contributed by atoms with van der Waals surface area (Å²) in [4.78, 5) is 50.0. The van der Waals surface area contributed by atoms with Gasteiger partial charge in [0.25, 0.3) is 11.8 Å². The van der Waals surface area contributed by atoms with Gasteiger partial charge in [0.05, 0.1) is 22.3 Å². The number of esters is 1. The topological polar surface area (TPSA) is 144 Å². The number of carbonyl (C=O) groups excluding carboxylic acids is 3. The van der Waals surface area contributed by atoms with E-state index in [1.165, 1.54) is 43.3 Å². The lowest BCUT2D eigenvalue weighted by Crippen LogP contribution is -2.45. The fourth-order valence-electron chi connectivity index (χ4n) is 3.68. The fraction of sp³-hybridized carbons (Fsp3) is 0.130. The molecular weight excluding hydrogens is 603 g/mol. The maximum Gasteiger partial charge on any atom is 0.525 e. The van der Waals surface area contributed by atoms with Crippen LogP contribution in [-0.2, 0) is 23.9 Å². The third kappa shape index (κ3) is 4.75. The van der Waals surface area contributed by atoms with Crippen LogP contribution in [0.15, 0.2) is 53.0 Å². The van der Waals surface area contributed by atoms with Gasteiger partial charge in [-0.25, -0.2) is 9.59 Å². The van der Waals surface area contributed by atoms with Gasteiger partial charge >= 0.3 is 27.6 Å². The Hall–Kier alpha value is -3.82. The molecule has 2 aliphatic rings. The maximum absolute atomic E-state index is 13.1. The number of amides is 2. The maximum atomic E-state index is 13.1. The van der Waals surface area contributed by atoms with Crippen molar-refractivity contribution in [3.8, 4) is 0 Å². The molecule has 10 nitrogen and oxygen atoms in total. The Balaban J connectivity index is 1.77. The van der Waals surface area contributed by atoms with Crippen LogP contribution in [0.5, 0.6) is 0 Å². The third-order valence-electron chi connectivity index (χ3n) is 5.42. The average Bonchev–Trinajstić information content (AvgIpc) is 2.96. The van der Waals surface area contributed by atoms with Crippen molar-refractivity contribution in [1.82, 2.24) is 5.06 Å². The Morgan fingerprint density at radius 3 is 2.39 bits per heavy atom.